The maximum Gasteiger partial charge on any atom is 0.160 e. The van der Waals surface area contributed by atoms with Gasteiger partial charge in [0.2, 0.25) is 0 Å². The number of aromatic nitrogens is 5. The maximum absolute atomic E-state index is 5.52. The second kappa shape index (κ2) is 16.0. The van der Waals surface area contributed by atoms with Gasteiger partial charge in [-0.2, -0.15) is 0 Å². The van der Waals surface area contributed by atoms with E-state index in [-0.39, 0.29) is 0 Å². The van der Waals surface area contributed by atoms with E-state index in [1.807, 2.05) is 36.4 Å². The minimum atomic E-state index is 0.671. The van der Waals surface area contributed by atoms with Crippen molar-refractivity contribution >= 4 is 21.8 Å². The Bertz CT molecular complexity index is 3250. The first kappa shape index (κ1) is 40.6. The van der Waals surface area contributed by atoms with Crippen LogP contribution in [0.2, 0.25) is 0 Å². The highest BCUT2D eigenvalue weighted by Gasteiger charge is 2.28. The van der Waals surface area contributed by atoms with Crippen LogP contribution in [-0.4, -0.2) is 24.5 Å². The van der Waals surface area contributed by atoms with Gasteiger partial charge in [-0.15, -0.1) is 0 Å². The van der Waals surface area contributed by atoms with Gasteiger partial charge in [0, 0.05) is 44.2 Å². The molecule has 3 aromatic heterocycles. The quantitative estimate of drug-likeness (QED) is 0.161. The summed E-state index contributed by atoms with van der Waals surface area (Å²) in [5.74, 6) is 1.35. The van der Waals surface area contributed by atoms with Crippen LogP contribution >= 0.6 is 0 Å². The van der Waals surface area contributed by atoms with Crippen LogP contribution in [-0.2, 0) is 0 Å². The van der Waals surface area contributed by atoms with Crippen molar-refractivity contribution in [2.75, 3.05) is 0 Å². The molecule has 64 heavy (non-hydrogen) atoms. The smallest absolute Gasteiger partial charge is 0.160 e. The number of hydrogen-bond donors (Lipinski definition) is 0. The normalized spacial score (nSPS) is 11.5. The molecule has 312 valence electrons. The van der Waals surface area contributed by atoms with E-state index in [9.17, 15) is 0 Å². The monoisotopic (exact) mass is 829 g/mol. The Labute approximate surface area is 376 Å². The van der Waals surface area contributed by atoms with Crippen LogP contribution < -0.4 is 0 Å². The largest absolute Gasteiger partial charge is 0.308 e. The highest BCUT2D eigenvalue weighted by atomic mass is 15.0. The standard InChI is InChI=1S/C59H51N5/c1-34-30-47(51-32-49(43-22-14-10-15-23-43)60-58(62-51)45-26-18-12-19-27-45)31-48(52-33-50(44-24-16-11-17-25-44)61-59(63-52)46-28-20-13-21-29-46)55(34)64-56-41(8)37(4)35(2)39(6)53(56)54-40(7)36(3)38(5)42(9)57(54)64/h10-33H,1-9H3. The average Bonchev–Trinajstić information content (AvgIpc) is 3.70. The highest BCUT2D eigenvalue weighted by molar-refractivity contribution is 6.16. The van der Waals surface area contributed by atoms with Crippen LogP contribution in [0.3, 0.4) is 0 Å². The molecule has 0 unspecified atom stereocenters. The summed E-state index contributed by atoms with van der Waals surface area (Å²) < 4.78 is 2.58. The zero-order valence-corrected chi connectivity index (χ0v) is 38.1. The van der Waals surface area contributed by atoms with Crippen LogP contribution in [0, 0.1) is 62.3 Å². The minimum Gasteiger partial charge on any atom is -0.308 e. The molecule has 10 rings (SSSR count). The van der Waals surface area contributed by atoms with Crippen molar-refractivity contribution in [3.8, 4) is 73.5 Å². The van der Waals surface area contributed by atoms with Crippen LogP contribution in [0.5, 0.6) is 0 Å². The third-order valence-corrected chi connectivity index (χ3v) is 13.8. The fraction of sp³-hybridized carbons (Fsp3) is 0.153. The molecule has 0 amide bonds. The summed E-state index contributed by atoms with van der Waals surface area (Å²) in [6.07, 6.45) is 0. The van der Waals surface area contributed by atoms with E-state index in [4.69, 9.17) is 19.9 Å². The third kappa shape index (κ3) is 6.71. The minimum absolute atomic E-state index is 0.671. The van der Waals surface area contributed by atoms with Gasteiger partial charge in [-0.1, -0.05) is 121 Å². The topological polar surface area (TPSA) is 56.5 Å². The highest BCUT2D eigenvalue weighted by Crippen LogP contribution is 2.47. The molecule has 0 saturated carbocycles. The average molecular weight is 830 g/mol. The fourth-order valence-corrected chi connectivity index (χ4v) is 9.64. The first-order valence-corrected chi connectivity index (χ1v) is 22.2. The van der Waals surface area contributed by atoms with Crippen molar-refractivity contribution in [1.82, 2.24) is 24.5 Å². The zero-order valence-electron chi connectivity index (χ0n) is 38.1. The summed E-state index contributed by atoms with van der Waals surface area (Å²) >= 11 is 0. The van der Waals surface area contributed by atoms with Crippen LogP contribution in [0.1, 0.15) is 50.1 Å². The lowest BCUT2D eigenvalue weighted by Crippen LogP contribution is -2.07. The Kier molecular flexibility index (Phi) is 10.1. The predicted octanol–water partition coefficient (Wildman–Crippen LogP) is 15.1. The Morgan fingerprint density at radius 2 is 0.656 bits per heavy atom. The number of aryl methyl sites for hydroxylation is 5. The van der Waals surface area contributed by atoms with Gasteiger partial charge >= 0.3 is 0 Å². The van der Waals surface area contributed by atoms with Crippen molar-refractivity contribution in [2.45, 2.75) is 62.3 Å². The van der Waals surface area contributed by atoms with E-state index in [2.05, 4.69) is 176 Å². The Morgan fingerprint density at radius 3 is 1.08 bits per heavy atom. The number of rotatable bonds is 7. The summed E-state index contributed by atoms with van der Waals surface area (Å²) in [7, 11) is 0. The molecule has 0 spiro atoms. The predicted molar refractivity (Wildman–Crippen MR) is 267 cm³/mol. The zero-order chi connectivity index (χ0) is 44.4. The number of benzene rings is 7. The van der Waals surface area contributed by atoms with Crippen molar-refractivity contribution < 1.29 is 0 Å². The lowest BCUT2D eigenvalue weighted by Gasteiger charge is -2.22. The van der Waals surface area contributed by atoms with Crippen molar-refractivity contribution in [3.63, 3.8) is 0 Å². The molecule has 10 aromatic rings. The van der Waals surface area contributed by atoms with Crippen LogP contribution in [0.15, 0.2) is 146 Å². The van der Waals surface area contributed by atoms with Gasteiger partial charge < -0.3 is 4.57 Å². The van der Waals surface area contributed by atoms with Gasteiger partial charge in [0.1, 0.15) is 0 Å². The number of nitrogens with zero attached hydrogens (tertiary/aromatic N) is 5. The first-order valence-electron chi connectivity index (χ1n) is 22.2. The molecule has 0 fully saturated rings. The third-order valence-electron chi connectivity index (χ3n) is 13.8. The molecule has 5 nitrogen and oxygen atoms in total. The molecule has 0 radical (unpaired) electrons. The van der Waals surface area contributed by atoms with E-state index in [0.717, 1.165) is 67.4 Å². The van der Waals surface area contributed by atoms with Crippen LogP contribution in [0.4, 0.5) is 0 Å². The van der Waals surface area contributed by atoms with Gasteiger partial charge in [0.25, 0.3) is 0 Å². The molecule has 0 atom stereocenters. The molecule has 0 N–H and O–H groups in total. The number of hydrogen-bond acceptors (Lipinski definition) is 4. The van der Waals surface area contributed by atoms with Gasteiger partial charge in [-0.3, -0.25) is 0 Å². The molecule has 0 aliphatic rings. The van der Waals surface area contributed by atoms with Gasteiger partial charge in [0.05, 0.1) is 39.5 Å². The van der Waals surface area contributed by atoms with E-state index >= 15 is 0 Å². The molecule has 0 aliphatic heterocycles. The lowest BCUT2D eigenvalue weighted by atomic mass is 9.90. The Balaban J connectivity index is 1.37. The molecular weight excluding hydrogens is 779 g/mol. The summed E-state index contributed by atoms with van der Waals surface area (Å²) in [6.45, 7) is 20.6. The van der Waals surface area contributed by atoms with E-state index < -0.39 is 0 Å². The van der Waals surface area contributed by atoms with Crippen LogP contribution in [0.25, 0.3) is 95.3 Å². The summed E-state index contributed by atoms with van der Waals surface area (Å²) in [6, 6.07) is 50.4. The summed E-state index contributed by atoms with van der Waals surface area (Å²) in [4.78, 5) is 21.3. The van der Waals surface area contributed by atoms with Gasteiger partial charge in [-0.25, -0.2) is 19.9 Å². The van der Waals surface area contributed by atoms with Crippen molar-refractivity contribution in [3.05, 3.63) is 196 Å². The maximum atomic E-state index is 5.52. The second-order valence-electron chi connectivity index (χ2n) is 17.4. The van der Waals surface area contributed by atoms with Crippen molar-refractivity contribution in [1.29, 1.82) is 0 Å². The molecule has 0 saturated heterocycles. The number of fused-ring (bicyclic) bond motifs is 3. The Morgan fingerprint density at radius 1 is 0.312 bits per heavy atom. The van der Waals surface area contributed by atoms with E-state index in [1.165, 1.54) is 66.3 Å². The summed E-state index contributed by atoms with van der Waals surface area (Å²) in [5.41, 5.74) is 24.6. The van der Waals surface area contributed by atoms with Crippen molar-refractivity contribution in [2.24, 2.45) is 0 Å². The molecule has 0 bridgehead atoms. The second-order valence-corrected chi connectivity index (χ2v) is 17.4. The van der Waals surface area contributed by atoms with Gasteiger partial charge in [0.15, 0.2) is 11.6 Å². The molecular formula is C59H51N5. The molecule has 3 heterocycles. The van der Waals surface area contributed by atoms with E-state index in [1.54, 1.807) is 0 Å². The SMILES string of the molecule is Cc1cc(-c2cc(-c3ccccc3)nc(-c3ccccc3)n2)cc(-c2cc(-c3ccccc3)nc(-c3ccccc3)n2)c1-n1c2c(C)c(C)c(C)c(C)c2c2c(C)c(C)c(C)c(C)c21. The van der Waals surface area contributed by atoms with E-state index in [0.29, 0.717) is 11.6 Å². The lowest BCUT2D eigenvalue weighted by molar-refractivity contribution is 1.10. The Hall–Kier alpha value is -7.50. The fourth-order valence-electron chi connectivity index (χ4n) is 9.64. The molecule has 7 aromatic carbocycles. The molecule has 5 heteroatoms. The summed E-state index contributed by atoms with van der Waals surface area (Å²) in [5, 5.41) is 2.64. The first-order chi connectivity index (χ1) is 31.0. The molecule has 0 aliphatic carbocycles. The van der Waals surface area contributed by atoms with Gasteiger partial charge in [-0.05, 0) is 137 Å².